The highest BCUT2D eigenvalue weighted by Crippen LogP contribution is 2.41. The molecule has 0 radical (unpaired) electrons. The van der Waals surface area contributed by atoms with Crippen LogP contribution in [0.4, 0.5) is 5.69 Å². The number of halogens is 1. The van der Waals surface area contributed by atoms with Crippen LogP contribution >= 0.6 is 11.6 Å². The van der Waals surface area contributed by atoms with Gasteiger partial charge in [0.2, 0.25) is 0 Å². The molecular formula is C18H23ClN2O4. The van der Waals surface area contributed by atoms with E-state index in [1.807, 2.05) is 13.0 Å². The van der Waals surface area contributed by atoms with Gasteiger partial charge >= 0.3 is 5.97 Å². The van der Waals surface area contributed by atoms with Crippen molar-refractivity contribution in [3.63, 3.8) is 0 Å². The zero-order valence-electron chi connectivity index (χ0n) is 14.9. The third kappa shape index (κ3) is 4.58. The maximum absolute atomic E-state index is 12.0. The van der Waals surface area contributed by atoms with Crippen molar-refractivity contribution in [1.82, 2.24) is 4.90 Å². The van der Waals surface area contributed by atoms with Crippen molar-refractivity contribution in [2.45, 2.75) is 45.2 Å². The lowest BCUT2D eigenvalue weighted by atomic mass is 10.0. The van der Waals surface area contributed by atoms with Crippen LogP contribution in [0.25, 0.3) is 0 Å². The molecule has 0 spiro atoms. The molecule has 0 aromatic heterocycles. The zero-order valence-corrected chi connectivity index (χ0v) is 15.7. The predicted octanol–water partition coefficient (Wildman–Crippen LogP) is 4.22. The van der Waals surface area contributed by atoms with Gasteiger partial charge in [-0.1, -0.05) is 17.2 Å². The minimum Gasteiger partial charge on any atom is -0.458 e. The highest BCUT2D eigenvalue weighted by atomic mass is 35.5. The molecule has 0 saturated carbocycles. The van der Waals surface area contributed by atoms with E-state index in [0.29, 0.717) is 6.04 Å². The van der Waals surface area contributed by atoms with E-state index in [4.69, 9.17) is 16.3 Å². The molecule has 1 aromatic carbocycles. The van der Waals surface area contributed by atoms with Gasteiger partial charge in [-0.05, 0) is 58.9 Å². The zero-order chi connectivity index (χ0) is 18.8. The third-order valence-electron chi connectivity index (χ3n) is 4.96. The van der Waals surface area contributed by atoms with Gasteiger partial charge in [0.25, 0.3) is 5.69 Å². The molecule has 0 amide bonds. The van der Waals surface area contributed by atoms with Crippen molar-refractivity contribution >= 4 is 23.3 Å². The monoisotopic (exact) mass is 366 g/mol. The molecule has 1 aromatic rings. The Morgan fingerprint density at radius 3 is 2.68 bits per heavy atom. The maximum atomic E-state index is 12.0. The summed E-state index contributed by atoms with van der Waals surface area (Å²) in [6, 6.07) is 4.46. The molecule has 1 fully saturated rings. The second-order valence-electron chi connectivity index (χ2n) is 6.89. The Kier molecular flexibility index (Phi) is 5.85. The number of hydrogen-bond acceptors (Lipinski definition) is 5. The lowest BCUT2D eigenvalue weighted by molar-refractivity contribution is -0.384. The largest absolute Gasteiger partial charge is 0.458 e. The Hall–Kier alpha value is -1.92. The van der Waals surface area contributed by atoms with Crippen LogP contribution in [-0.2, 0) is 4.74 Å². The Balaban J connectivity index is 1.83. The fraction of sp³-hybridized carbons (Fsp3) is 0.500. The molecule has 0 N–H and O–H groups in total. The summed E-state index contributed by atoms with van der Waals surface area (Å²) in [4.78, 5) is 24.6. The molecule has 7 heteroatoms. The smallest absolute Gasteiger partial charge is 0.338 e. The first-order chi connectivity index (χ1) is 11.6. The molecule has 1 saturated heterocycles. The lowest BCUT2D eigenvalue weighted by Crippen LogP contribution is -2.06. The number of benzene rings is 1. The number of carbonyl (C=O) groups excluding carboxylic acids is 1. The van der Waals surface area contributed by atoms with Gasteiger partial charge in [-0.3, -0.25) is 15.0 Å². The van der Waals surface area contributed by atoms with Gasteiger partial charge in [-0.15, -0.1) is 0 Å². The summed E-state index contributed by atoms with van der Waals surface area (Å²) in [5, 5.41) is 10.8. The molecule has 2 unspecified atom stereocenters. The van der Waals surface area contributed by atoms with E-state index in [1.165, 1.54) is 12.1 Å². The van der Waals surface area contributed by atoms with Gasteiger partial charge in [0, 0.05) is 17.6 Å². The second-order valence-corrected chi connectivity index (χ2v) is 7.30. The van der Waals surface area contributed by atoms with Crippen molar-refractivity contribution in [1.29, 1.82) is 0 Å². The lowest BCUT2D eigenvalue weighted by Gasteiger charge is -2.05. The predicted molar refractivity (Wildman–Crippen MR) is 97.0 cm³/mol. The van der Waals surface area contributed by atoms with E-state index in [9.17, 15) is 14.9 Å². The fourth-order valence-corrected chi connectivity index (χ4v) is 3.09. The van der Waals surface area contributed by atoms with Crippen LogP contribution in [0.2, 0.25) is 5.02 Å². The summed E-state index contributed by atoms with van der Waals surface area (Å²) >= 11 is 5.73. The van der Waals surface area contributed by atoms with Crippen LogP contribution in [0.3, 0.4) is 0 Å². The number of likely N-dealkylation sites (N-methyl/N-ethyl adjacent to an activating group) is 1. The molecule has 2 rings (SSSR count). The molecule has 6 nitrogen and oxygen atoms in total. The highest BCUT2D eigenvalue weighted by Gasteiger charge is 2.51. The number of esters is 1. The second kappa shape index (κ2) is 7.54. The number of rotatable bonds is 7. The standard InChI is InChI=1S/C18H23ClN2O4/c1-12(5-8-16-18(2,3)20(16)4)9-10-25-17(22)13-6-7-14(19)15(11-13)21(23)24/h6-7,9,11,16H,5,8,10H2,1-4H3/b12-9-. The normalized spacial score (nSPS) is 21.7. The quantitative estimate of drug-likeness (QED) is 0.237. The number of carbonyl (C=O) groups is 1. The van der Waals surface area contributed by atoms with Crippen LogP contribution in [0.5, 0.6) is 0 Å². The Labute approximate surface area is 152 Å². The van der Waals surface area contributed by atoms with Crippen LogP contribution in [0.1, 0.15) is 44.0 Å². The van der Waals surface area contributed by atoms with E-state index < -0.39 is 10.9 Å². The van der Waals surface area contributed by atoms with Crippen molar-refractivity contribution in [3.8, 4) is 0 Å². The van der Waals surface area contributed by atoms with Gasteiger partial charge in [-0.25, -0.2) is 4.79 Å². The molecular weight excluding hydrogens is 344 g/mol. The van der Waals surface area contributed by atoms with Gasteiger partial charge in [0.05, 0.1) is 10.5 Å². The van der Waals surface area contributed by atoms with Gasteiger partial charge in [0.1, 0.15) is 11.6 Å². The first-order valence-electron chi connectivity index (χ1n) is 8.14. The number of allylic oxidation sites excluding steroid dienone is 1. The van der Waals surface area contributed by atoms with Crippen molar-refractivity contribution in [2.75, 3.05) is 13.7 Å². The number of nitro groups is 1. The van der Waals surface area contributed by atoms with E-state index in [0.717, 1.165) is 24.5 Å². The molecule has 1 aliphatic rings. The number of nitrogens with zero attached hydrogens (tertiary/aromatic N) is 2. The minimum absolute atomic E-state index is 0.00902. The first-order valence-corrected chi connectivity index (χ1v) is 8.52. The van der Waals surface area contributed by atoms with Gasteiger partial charge < -0.3 is 4.74 Å². The van der Waals surface area contributed by atoms with Crippen molar-refractivity contribution < 1.29 is 14.5 Å². The minimum atomic E-state index is -0.625. The first kappa shape index (κ1) is 19.4. The molecule has 136 valence electrons. The molecule has 0 aliphatic carbocycles. The molecule has 2 atom stereocenters. The van der Waals surface area contributed by atoms with Crippen LogP contribution in [0, 0.1) is 10.1 Å². The highest BCUT2D eigenvalue weighted by molar-refractivity contribution is 6.32. The SMILES string of the molecule is C/C(=C/COC(=O)c1ccc(Cl)c([N+](=O)[O-])c1)CCC1N(C)C1(C)C. The number of ether oxygens (including phenoxy) is 1. The van der Waals surface area contributed by atoms with Crippen molar-refractivity contribution in [3.05, 3.63) is 50.5 Å². The average molecular weight is 367 g/mol. The summed E-state index contributed by atoms with van der Waals surface area (Å²) in [6.45, 7) is 6.61. The summed E-state index contributed by atoms with van der Waals surface area (Å²) in [6.07, 6.45) is 3.89. The molecule has 0 bridgehead atoms. The Bertz CT molecular complexity index is 715. The summed E-state index contributed by atoms with van der Waals surface area (Å²) in [5.41, 5.74) is 1.24. The number of nitro benzene ring substituents is 1. The Morgan fingerprint density at radius 1 is 1.48 bits per heavy atom. The van der Waals surface area contributed by atoms with Gasteiger partial charge in [0.15, 0.2) is 0 Å². The molecule has 25 heavy (non-hydrogen) atoms. The van der Waals surface area contributed by atoms with E-state index in [1.54, 1.807) is 0 Å². The van der Waals surface area contributed by atoms with Crippen LogP contribution < -0.4 is 0 Å². The fourth-order valence-electron chi connectivity index (χ4n) is 2.91. The maximum Gasteiger partial charge on any atom is 0.338 e. The van der Waals surface area contributed by atoms with E-state index in [-0.39, 0.29) is 28.4 Å². The summed E-state index contributed by atoms with van der Waals surface area (Å²) in [7, 11) is 2.12. The summed E-state index contributed by atoms with van der Waals surface area (Å²) < 4.78 is 5.17. The average Bonchev–Trinajstić information content (AvgIpc) is 3.02. The molecule has 1 heterocycles. The Morgan fingerprint density at radius 2 is 2.12 bits per heavy atom. The molecule has 1 aliphatic heterocycles. The van der Waals surface area contributed by atoms with E-state index >= 15 is 0 Å². The third-order valence-corrected chi connectivity index (χ3v) is 5.28. The van der Waals surface area contributed by atoms with Gasteiger partial charge in [-0.2, -0.15) is 0 Å². The van der Waals surface area contributed by atoms with Crippen LogP contribution in [-0.4, -0.2) is 41.0 Å². The van der Waals surface area contributed by atoms with Crippen LogP contribution in [0.15, 0.2) is 29.8 Å². The summed E-state index contributed by atoms with van der Waals surface area (Å²) in [5.74, 6) is -0.605. The van der Waals surface area contributed by atoms with E-state index in [2.05, 4.69) is 25.8 Å². The number of hydrogen-bond donors (Lipinski definition) is 0. The van der Waals surface area contributed by atoms with Crippen molar-refractivity contribution in [2.24, 2.45) is 0 Å². The topological polar surface area (TPSA) is 72.5 Å².